The first kappa shape index (κ1) is 32.4. The molecule has 0 bridgehead atoms. The second-order valence-electron chi connectivity index (χ2n) is 9.01. The Hall–Kier alpha value is -1.66. The molecule has 1 aromatic rings. The molecule has 0 saturated heterocycles. The zero-order valence-electron chi connectivity index (χ0n) is 22.3. The fraction of sp³-hybridized carbons (Fsp3) is 0.679. The molecule has 0 spiro atoms. The molecule has 1 atom stereocenters. The second-order valence-corrected chi connectivity index (χ2v) is 10.5. The van der Waals surface area contributed by atoms with Crippen molar-refractivity contribution in [2.75, 3.05) is 26.9 Å². The van der Waals surface area contributed by atoms with Crippen LogP contribution >= 0.6 is 7.82 Å². The lowest BCUT2D eigenvalue weighted by Gasteiger charge is -2.12. The molecule has 206 valence electrons. The van der Waals surface area contributed by atoms with Gasteiger partial charge in [-0.25, -0.2) is 9.36 Å². The van der Waals surface area contributed by atoms with Gasteiger partial charge in [-0.05, 0) is 43.0 Å². The van der Waals surface area contributed by atoms with Gasteiger partial charge in [0.2, 0.25) is 0 Å². The molecule has 1 N–H and O–H groups in total. The number of benzene rings is 1. The van der Waals surface area contributed by atoms with Crippen molar-refractivity contribution in [3.63, 3.8) is 0 Å². The SMILES string of the molecule is CCCCCCCCCCCCCCOP(=O)(O)OCCCCOC(=O)/C=C/c1ccc(OC)cc1. The van der Waals surface area contributed by atoms with E-state index < -0.39 is 13.8 Å². The summed E-state index contributed by atoms with van der Waals surface area (Å²) < 4.78 is 32.2. The molecule has 1 rings (SSSR count). The zero-order chi connectivity index (χ0) is 26.3. The quantitative estimate of drug-likeness (QED) is 0.0671. The van der Waals surface area contributed by atoms with Crippen LogP contribution in [0.2, 0.25) is 0 Å². The van der Waals surface area contributed by atoms with Gasteiger partial charge < -0.3 is 14.4 Å². The van der Waals surface area contributed by atoms with Gasteiger partial charge in [-0.2, -0.15) is 0 Å². The molecule has 0 aromatic heterocycles. The normalized spacial score (nSPS) is 13.1. The van der Waals surface area contributed by atoms with Gasteiger partial charge >= 0.3 is 13.8 Å². The van der Waals surface area contributed by atoms with E-state index >= 15 is 0 Å². The molecule has 36 heavy (non-hydrogen) atoms. The van der Waals surface area contributed by atoms with Crippen LogP contribution in [-0.4, -0.2) is 37.8 Å². The van der Waals surface area contributed by atoms with Crippen LogP contribution in [0.4, 0.5) is 0 Å². The number of hydrogen-bond donors (Lipinski definition) is 1. The fourth-order valence-electron chi connectivity index (χ4n) is 3.64. The highest BCUT2D eigenvalue weighted by molar-refractivity contribution is 7.47. The Morgan fingerprint density at radius 1 is 0.778 bits per heavy atom. The van der Waals surface area contributed by atoms with Crippen LogP contribution in [0, 0.1) is 0 Å². The molecule has 8 heteroatoms. The Balaban J connectivity index is 1.94. The van der Waals surface area contributed by atoms with Gasteiger partial charge in [0.1, 0.15) is 5.75 Å². The van der Waals surface area contributed by atoms with E-state index in [1.165, 1.54) is 63.9 Å². The van der Waals surface area contributed by atoms with Gasteiger partial charge in [-0.3, -0.25) is 9.05 Å². The van der Waals surface area contributed by atoms with Crippen molar-refractivity contribution in [2.24, 2.45) is 0 Å². The number of ether oxygens (including phenoxy) is 2. The summed E-state index contributed by atoms with van der Waals surface area (Å²) in [7, 11) is -2.42. The summed E-state index contributed by atoms with van der Waals surface area (Å²) in [4.78, 5) is 21.5. The summed E-state index contributed by atoms with van der Waals surface area (Å²) in [6.45, 7) is 2.76. The van der Waals surface area contributed by atoms with Gasteiger partial charge in [-0.15, -0.1) is 0 Å². The summed E-state index contributed by atoms with van der Waals surface area (Å²) in [6.07, 6.45) is 18.8. The minimum absolute atomic E-state index is 0.0749. The average molecular weight is 527 g/mol. The predicted molar refractivity (Wildman–Crippen MR) is 145 cm³/mol. The molecule has 7 nitrogen and oxygen atoms in total. The van der Waals surface area contributed by atoms with E-state index in [1.807, 2.05) is 24.3 Å². The van der Waals surface area contributed by atoms with Gasteiger partial charge in [0.15, 0.2) is 0 Å². The number of rotatable bonds is 23. The molecular weight excluding hydrogens is 479 g/mol. The van der Waals surface area contributed by atoms with Gasteiger partial charge in [-0.1, -0.05) is 89.7 Å². The van der Waals surface area contributed by atoms with E-state index in [0.717, 1.165) is 30.6 Å². The zero-order valence-corrected chi connectivity index (χ0v) is 23.2. The van der Waals surface area contributed by atoms with Crippen LogP contribution in [0.25, 0.3) is 6.08 Å². The summed E-state index contributed by atoms with van der Waals surface area (Å²) in [6, 6.07) is 7.31. The number of phosphoric ester groups is 1. The minimum Gasteiger partial charge on any atom is -0.497 e. The maximum Gasteiger partial charge on any atom is 0.472 e. The molecule has 0 aliphatic heterocycles. The lowest BCUT2D eigenvalue weighted by molar-refractivity contribution is -0.137. The van der Waals surface area contributed by atoms with E-state index in [4.69, 9.17) is 18.5 Å². The maximum absolute atomic E-state index is 11.9. The Bertz CT molecular complexity index is 749. The number of esters is 1. The van der Waals surface area contributed by atoms with E-state index in [0.29, 0.717) is 12.8 Å². The van der Waals surface area contributed by atoms with Crippen LogP contribution in [0.1, 0.15) is 102 Å². The van der Waals surface area contributed by atoms with Gasteiger partial charge in [0.05, 0.1) is 26.9 Å². The molecule has 0 aliphatic rings. The summed E-state index contributed by atoms with van der Waals surface area (Å²) in [5.41, 5.74) is 0.864. The summed E-state index contributed by atoms with van der Waals surface area (Å²) >= 11 is 0. The van der Waals surface area contributed by atoms with Crippen molar-refractivity contribution < 1.29 is 32.8 Å². The summed E-state index contributed by atoms with van der Waals surface area (Å²) in [5, 5.41) is 0. The van der Waals surface area contributed by atoms with E-state index in [-0.39, 0.29) is 19.8 Å². The topological polar surface area (TPSA) is 91.3 Å². The molecule has 1 aromatic carbocycles. The maximum atomic E-state index is 11.9. The number of hydrogen-bond acceptors (Lipinski definition) is 6. The van der Waals surface area contributed by atoms with Crippen molar-refractivity contribution >= 4 is 19.9 Å². The largest absolute Gasteiger partial charge is 0.497 e. The molecule has 1 unspecified atom stereocenters. The van der Waals surface area contributed by atoms with E-state index in [1.54, 1.807) is 13.2 Å². The number of carbonyl (C=O) groups is 1. The first-order valence-corrected chi connectivity index (χ1v) is 15.1. The second kappa shape index (κ2) is 21.4. The molecular formula is C28H47O7P. The van der Waals surface area contributed by atoms with Crippen LogP contribution < -0.4 is 4.74 Å². The smallest absolute Gasteiger partial charge is 0.472 e. The number of methoxy groups -OCH3 is 1. The first-order chi connectivity index (χ1) is 17.5. The fourth-order valence-corrected chi connectivity index (χ4v) is 4.44. The minimum atomic E-state index is -4.02. The summed E-state index contributed by atoms with van der Waals surface area (Å²) in [5.74, 6) is 0.310. The van der Waals surface area contributed by atoms with E-state index in [2.05, 4.69) is 6.92 Å². The predicted octanol–water partition coefficient (Wildman–Crippen LogP) is 7.87. The lowest BCUT2D eigenvalue weighted by Crippen LogP contribution is -2.04. The number of phosphoric acid groups is 1. The monoisotopic (exact) mass is 526 g/mol. The molecule has 0 saturated carbocycles. The third kappa shape index (κ3) is 18.6. The highest BCUT2D eigenvalue weighted by Crippen LogP contribution is 2.43. The van der Waals surface area contributed by atoms with E-state index in [9.17, 15) is 14.3 Å². The Morgan fingerprint density at radius 3 is 1.78 bits per heavy atom. The number of carbonyl (C=O) groups excluding carboxylic acids is 1. The van der Waals surface area contributed by atoms with Crippen molar-refractivity contribution in [1.82, 2.24) is 0 Å². The van der Waals surface area contributed by atoms with Gasteiger partial charge in [0.25, 0.3) is 0 Å². The van der Waals surface area contributed by atoms with Crippen LogP contribution in [0.5, 0.6) is 5.75 Å². The highest BCUT2D eigenvalue weighted by Gasteiger charge is 2.20. The molecule has 0 aliphatic carbocycles. The standard InChI is InChI=1S/C28H47O7P/c1-3-4-5-6-7-8-9-10-11-12-13-14-24-34-36(30,31)35-25-16-15-23-33-28(29)22-19-26-17-20-27(32-2)21-18-26/h17-22H,3-16,23-25H2,1-2H3,(H,30,31)/b22-19+. The van der Waals surface area contributed by atoms with Crippen LogP contribution in [0.15, 0.2) is 30.3 Å². The van der Waals surface area contributed by atoms with Crippen molar-refractivity contribution in [3.8, 4) is 5.75 Å². The van der Waals surface area contributed by atoms with Crippen LogP contribution in [-0.2, 0) is 23.1 Å². The van der Waals surface area contributed by atoms with Crippen molar-refractivity contribution in [2.45, 2.75) is 96.8 Å². The third-order valence-corrected chi connectivity index (χ3v) is 6.84. The molecule has 0 heterocycles. The highest BCUT2D eigenvalue weighted by atomic mass is 31.2. The first-order valence-electron chi connectivity index (χ1n) is 13.6. The Labute approximate surface area is 218 Å². The lowest BCUT2D eigenvalue weighted by atomic mass is 10.1. The molecule has 0 fully saturated rings. The number of unbranched alkanes of at least 4 members (excludes halogenated alkanes) is 12. The average Bonchev–Trinajstić information content (AvgIpc) is 2.87. The molecule has 0 amide bonds. The van der Waals surface area contributed by atoms with Crippen LogP contribution in [0.3, 0.4) is 0 Å². The Morgan fingerprint density at radius 2 is 1.25 bits per heavy atom. The Kier molecular flexibility index (Phi) is 19.3. The van der Waals surface area contributed by atoms with Gasteiger partial charge in [0, 0.05) is 6.08 Å². The molecule has 0 radical (unpaired) electrons. The third-order valence-electron chi connectivity index (χ3n) is 5.82. The van der Waals surface area contributed by atoms with Crippen molar-refractivity contribution in [1.29, 1.82) is 0 Å². The van der Waals surface area contributed by atoms with Crippen molar-refractivity contribution in [3.05, 3.63) is 35.9 Å².